The largest absolute Gasteiger partial charge is 0.481 e. The van der Waals surface area contributed by atoms with E-state index in [4.69, 9.17) is 9.84 Å². The SMILES string of the molecule is Cc1ccc(OC(C)C(=O)NC(C)c2nc(C)c(C(=O)O)s2)cc1. The first-order valence-corrected chi connectivity index (χ1v) is 8.34. The van der Waals surface area contributed by atoms with E-state index in [1.54, 1.807) is 20.8 Å². The Morgan fingerprint density at radius 2 is 1.83 bits per heavy atom. The van der Waals surface area contributed by atoms with E-state index in [2.05, 4.69) is 10.3 Å². The fourth-order valence-corrected chi connectivity index (χ4v) is 2.98. The van der Waals surface area contributed by atoms with Crippen LogP contribution in [-0.2, 0) is 4.79 Å². The molecule has 0 fully saturated rings. The number of benzene rings is 1. The van der Waals surface area contributed by atoms with Crippen LogP contribution in [0.2, 0.25) is 0 Å². The van der Waals surface area contributed by atoms with Gasteiger partial charge in [0.15, 0.2) is 6.10 Å². The number of hydrogen-bond donors (Lipinski definition) is 2. The third-order valence-corrected chi connectivity index (χ3v) is 4.77. The van der Waals surface area contributed by atoms with Crippen LogP contribution in [0.15, 0.2) is 24.3 Å². The molecule has 1 amide bonds. The van der Waals surface area contributed by atoms with E-state index in [1.807, 2.05) is 31.2 Å². The Balaban J connectivity index is 1.98. The van der Waals surface area contributed by atoms with Gasteiger partial charge in [-0.1, -0.05) is 17.7 Å². The molecule has 0 saturated carbocycles. The molecule has 2 rings (SSSR count). The summed E-state index contributed by atoms with van der Waals surface area (Å²) < 4.78 is 5.61. The number of carboxylic acid groups (broad SMARTS) is 1. The number of aryl methyl sites for hydroxylation is 2. The van der Waals surface area contributed by atoms with Crippen molar-refractivity contribution in [3.05, 3.63) is 45.4 Å². The number of nitrogens with zero attached hydrogens (tertiary/aromatic N) is 1. The van der Waals surface area contributed by atoms with Crippen molar-refractivity contribution in [2.45, 2.75) is 39.8 Å². The maximum atomic E-state index is 12.2. The van der Waals surface area contributed by atoms with Crippen LogP contribution in [0.1, 0.15) is 45.8 Å². The zero-order valence-electron chi connectivity index (χ0n) is 14.0. The normalized spacial score (nSPS) is 13.2. The Bertz CT molecular complexity index is 740. The number of aromatic carboxylic acids is 1. The number of rotatable bonds is 6. The minimum absolute atomic E-state index is 0.190. The second kappa shape index (κ2) is 7.44. The molecule has 7 heteroatoms. The molecule has 6 nitrogen and oxygen atoms in total. The lowest BCUT2D eigenvalue weighted by atomic mass is 10.2. The highest BCUT2D eigenvalue weighted by Gasteiger charge is 2.22. The smallest absolute Gasteiger partial charge is 0.347 e. The van der Waals surface area contributed by atoms with E-state index in [-0.39, 0.29) is 10.8 Å². The Kier molecular flexibility index (Phi) is 5.56. The molecule has 24 heavy (non-hydrogen) atoms. The molecule has 0 saturated heterocycles. The number of aromatic nitrogens is 1. The molecule has 1 aromatic carbocycles. The lowest BCUT2D eigenvalue weighted by Gasteiger charge is -2.17. The summed E-state index contributed by atoms with van der Waals surface area (Å²) in [6.45, 7) is 7.04. The van der Waals surface area contributed by atoms with E-state index in [0.717, 1.165) is 16.9 Å². The van der Waals surface area contributed by atoms with E-state index >= 15 is 0 Å². The van der Waals surface area contributed by atoms with Gasteiger partial charge in [-0.2, -0.15) is 0 Å². The van der Waals surface area contributed by atoms with Gasteiger partial charge in [0.05, 0.1) is 11.7 Å². The number of carbonyl (C=O) groups is 2. The summed E-state index contributed by atoms with van der Waals surface area (Å²) in [5.74, 6) is -0.673. The average molecular weight is 348 g/mol. The van der Waals surface area contributed by atoms with Crippen LogP contribution in [-0.4, -0.2) is 28.1 Å². The molecule has 2 atom stereocenters. The Morgan fingerprint density at radius 1 is 1.21 bits per heavy atom. The minimum Gasteiger partial charge on any atom is -0.481 e. The maximum Gasteiger partial charge on any atom is 0.347 e. The zero-order valence-corrected chi connectivity index (χ0v) is 14.8. The Labute approximate surface area is 144 Å². The molecule has 0 aliphatic rings. The lowest BCUT2D eigenvalue weighted by Crippen LogP contribution is -2.37. The predicted octanol–water partition coefficient (Wildman–Crippen LogP) is 3.10. The molecule has 128 valence electrons. The Morgan fingerprint density at radius 3 is 2.38 bits per heavy atom. The molecule has 0 spiro atoms. The summed E-state index contributed by atoms with van der Waals surface area (Å²) in [4.78, 5) is 27.7. The number of hydrogen-bond acceptors (Lipinski definition) is 5. The first-order valence-electron chi connectivity index (χ1n) is 7.52. The van der Waals surface area contributed by atoms with Crippen LogP contribution in [0.25, 0.3) is 0 Å². The maximum absolute atomic E-state index is 12.2. The van der Waals surface area contributed by atoms with Gasteiger partial charge in [0.25, 0.3) is 5.91 Å². The number of ether oxygens (including phenoxy) is 1. The van der Waals surface area contributed by atoms with E-state index < -0.39 is 18.1 Å². The van der Waals surface area contributed by atoms with Crippen molar-refractivity contribution in [2.75, 3.05) is 0 Å². The molecule has 2 N–H and O–H groups in total. The molecule has 2 unspecified atom stereocenters. The van der Waals surface area contributed by atoms with E-state index in [9.17, 15) is 9.59 Å². The molecular formula is C17H20N2O4S. The van der Waals surface area contributed by atoms with Crippen LogP contribution in [0.5, 0.6) is 5.75 Å². The van der Waals surface area contributed by atoms with Gasteiger partial charge in [0.2, 0.25) is 0 Å². The molecular weight excluding hydrogens is 328 g/mol. The third-order valence-electron chi connectivity index (χ3n) is 3.44. The lowest BCUT2D eigenvalue weighted by molar-refractivity contribution is -0.127. The third kappa shape index (κ3) is 4.32. The van der Waals surface area contributed by atoms with Crippen LogP contribution >= 0.6 is 11.3 Å². The minimum atomic E-state index is -1.01. The molecule has 1 heterocycles. The molecule has 0 bridgehead atoms. The second-order valence-corrected chi connectivity index (χ2v) is 6.61. The quantitative estimate of drug-likeness (QED) is 0.837. The highest BCUT2D eigenvalue weighted by atomic mass is 32.1. The number of carboxylic acids is 1. The summed E-state index contributed by atoms with van der Waals surface area (Å²) in [5.41, 5.74) is 1.56. The molecule has 0 aliphatic carbocycles. The number of carbonyl (C=O) groups excluding carboxylic acids is 1. The van der Waals surface area contributed by atoms with Crippen LogP contribution in [0.4, 0.5) is 0 Å². The summed E-state index contributed by atoms with van der Waals surface area (Å²) in [6.07, 6.45) is -0.671. The summed E-state index contributed by atoms with van der Waals surface area (Å²) in [6, 6.07) is 7.05. The second-order valence-electron chi connectivity index (χ2n) is 5.58. The van der Waals surface area contributed by atoms with Crippen molar-refractivity contribution in [3.63, 3.8) is 0 Å². The summed E-state index contributed by atoms with van der Waals surface area (Å²) in [7, 11) is 0. The van der Waals surface area contributed by atoms with Gasteiger partial charge < -0.3 is 15.2 Å². The first kappa shape index (κ1) is 17.9. The topological polar surface area (TPSA) is 88.5 Å². The van der Waals surface area contributed by atoms with Crippen molar-refractivity contribution in [3.8, 4) is 5.75 Å². The van der Waals surface area contributed by atoms with Gasteiger partial charge in [0.1, 0.15) is 15.6 Å². The van der Waals surface area contributed by atoms with Gasteiger partial charge in [-0.25, -0.2) is 9.78 Å². The van der Waals surface area contributed by atoms with Gasteiger partial charge >= 0.3 is 5.97 Å². The van der Waals surface area contributed by atoms with Crippen molar-refractivity contribution in [1.82, 2.24) is 10.3 Å². The standard InChI is InChI=1S/C17H20N2O4S/c1-9-5-7-13(8-6-9)23-12(4)15(20)18-11(3)16-19-10(2)14(24-16)17(21)22/h5-8,11-12H,1-4H3,(H,18,20)(H,21,22). The molecule has 0 aliphatic heterocycles. The highest BCUT2D eigenvalue weighted by Crippen LogP contribution is 2.23. The number of nitrogens with one attached hydrogen (secondary N) is 1. The predicted molar refractivity (Wildman–Crippen MR) is 91.6 cm³/mol. The number of thiazole rings is 1. The molecule has 2 aromatic rings. The van der Waals surface area contributed by atoms with Crippen molar-refractivity contribution >= 4 is 23.2 Å². The van der Waals surface area contributed by atoms with Gasteiger partial charge in [-0.3, -0.25) is 4.79 Å². The van der Waals surface area contributed by atoms with Crippen molar-refractivity contribution < 1.29 is 19.4 Å². The van der Waals surface area contributed by atoms with Crippen LogP contribution < -0.4 is 10.1 Å². The Hall–Kier alpha value is -2.41. The first-order chi connectivity index (χ1) is 11.3. The van der Waals surface area contributed by atoms with Crippen molar-refractivity contribution in [1.29, 1.82) is 0 Å². The zero-order chi connectivity index (χ0) is 17.9. The highest BCUT2D eigenvalue weighted by molar-refractivity contribution is 7.13. The fraction of sp³-hybridized carbons (Fsp3) is 0.353. The monoisotopic (exact) mass is 348 g/mol. The number of amides is 1. The average Bonchev–Trinajstić information content (AvgIpc) is 2.91. The van der Waals surface area contributed by atoms with Crippen LogP contribution in [0.3, 0.4) is 0 Å². The van der Waals surface area contributed by atoms with E-state index in [0.29, 0.717) is 16.5 Å². The summed E-state index contributed by atoms with van der Waals surface area (Å²) in [5, 5.41) is 12.4. The summed E-state index contributed by atoms with van der Waals surface area (Å²) >= 11 is 1.07. The fourth-order valence-electron chi connectivity index (χ4n) is 2.07. The van der Waals surface area contributed by atoms with E-state index in [1.165, 1.54) is 0 Å². The molecule has 1 aromatic heterocycles. The molecule has 0 radical (unpaired) electrons. The van der Waals surface area contributed by atoms with Crippen LogP contribution in [0, 0.1) is 13.8 Å². The van der Waals surface area contributed by atoms with Gasteiger partial charge in [-0.15, -0.1) is 11.3 Å². The van der Waals surface area contributed by atoms with Crippen molar-refractivity contribution in [2.24, 2.45) is 0 Å². The van der Waals surface area contributed by atoms with Gasteiger partial charge in [0, 0.05) is 0 Å². The van der Waals surface area contributed by atoms with Gasteiger partial charge in [-0.05, 0) is 39.8 Å².